The molecule has 25 heavy (non-hydrogen) atoms. The lowest BCUT2D eigenvalue weighted by Gasteiger charge is -2.46. The number of aliphatic imine (C=N–C) groups is 2. The van der Waals surface area contributed by atoms with Gasteiger partial charge >= 0.3 is 0 Å². The number of aryl methyl sites for hydroxylation is 1. The average Bonchev–Trinajstić information content (AvgIpc) is 2.55. The highest BCUT2D eigenvalue weighted by molar-refractivity contribution is 9.11. The fourth-order valence-corrected chi connectivity index (χ4v) is 5.44. The van der Waals surface area contributed by atoms with E-state index in [4.69, 9.17) is 16.5 Å². The van der Waals surface area contributed by atoms with Crippen LogP contribution in [0.25, 0.3) is 0 Å². The maximum atomic E-state index is 6.34. The van der Waals surface area contributed by atoms with E-state index in [-0.39, 0.29) is 5.96 Å². The number of nitrogens with zero attached hydrogens (tertiary/aromatic N) is 3. The predicted molar refractivity (Wildman–Crippen MR) is 112 cm³/mol. The molecule has 1 aliphatic heterocycles. The van der Waals surface area contributed by atoms with Gasteiger partial charge in [-0.05, 0) is 88.1 Å². The van der Waals surface area contributed by atoms with Crippen molar-refractivity contribution in [2.24, 2.45) is 21.5 Å². The fraction of sp³-hybridized carbons (Fsp3) is 0.556. The molecule has 7 heteroatoms. The monoisotopic (exact) mass is 469 g/mol. The summed E-state index contributed by atoms with van der Waals surface area (Å²) in [5.41, 5.74) is 14.2. The number of benzene rings is 1. The van der Waals surface area contributed by atoms with Gasteiger partial charge in [0.2, 0.25) is 11.9 Å². The van der Waals surface area contributed by atoms with Crippen molar-refractivity contribution >= 4 is 49.5 Å². The van der Waals surface area contributed by atoms with Crippen LogP contribution in [-0.4, -0.2) is 17.6 Å². The maximum Gasteiger partial charge on any atom is 0.220 e. The van der Waals surface area contributed by atoms with E-state index in [9.17, 15) is 0 Å². The second-order valence-corrected chi connectivity index (χ2v) is 8.54. The molecule has 1 fully saturated rings. The van der Waals surface area contributed by atoms with Crippen LogP contribution < -0.4 is 16.4 Å². The minimum Gasteiger partial charge on any atom is -0.369 e. The Labute approximate surface area is 166 Å². The Morgan fingerprint density at radius 1 is 1.12 bits per heavy atom. The van der Waals surface area contributed by atoms with Gasteiger partial charge in [0.05, 0.1) is 5.69 Å². The summed E-state index contributed by atoms with van der Waals surface area (Å²) in [6.07, 6.45) is 8.74. The van der Waals surface area contributed by atoms with Gasteiger partial charge in [-0.2, -0.15) is 4.99 Å². The van der Waals surface area contributed by atoms with E-state index in [0.717, 1.165) is 46.7 Å². The molecular formula is C18H25Br2N5. The van der Waals surface area contributed by atoms with Gasteiger partial charge in [0.1, 0.15) is 5.66 Å². The van der Waals surface area contributed by atoms with E-state index >= 15 is 0 Å². The second-order valence-electron chi connectivity index (χ2n) is 6.83. The molecule has 1 saturated carbocycles. The number of guanidine groups is 2. The minimum absolute atomic E-state index is 0.280. The van der Waals surface area contributed by atoms with Crippen molar-refractivity contribution in [1.82, 2.24) is 0 Å². The Balaban J connectivity index is 2.05. The Hall–Kier alpha value is -1.08. The molecule has 136 valence electrons. The lowest BCUT2D eigenvalue weighted by Crippen LogP contribution is -2.58. The molecule has 1 spiro atoms. The van der Waals surface area contributed by atoms with Crippen LogP contribution >= 0.6 is 31.9 Å². The molecule has 1 aliphatic carbocycles. The van der Waals surface area contributed by atoms with Crippen molar-refractivity contribution in [1.29, 1.82) is 0 Å². The van der Waals surface area contributed by atoms with E-state index < -0.39 is 5.66 Å². The zero-order valence-electron chi connectivity index (χ0n) is 14.6. The Morgan fingerprint density at radius 3 is 2.36 bits per heavy atom. The molecule has 1 aromatic rings. The van der Waals surface area contributed by atoms with Crippen LogP contribution in [0.2, 0.25) is 0 Å². The van der Waals surface area contributed by atoms with Gasteiger partial charge < -0.3 is 11.5 Å². The lowest BCUT2D eigenvalue weighted by molar-refractivity contribution is 0.305. The molecule has 0 atom stereocenters. The summed E-state index contributed by atoms with van der Waals surface area (Å²) in [4.78, 5) is 11.1. The molecule has 0 amide bonds. The van der Waals surface area contributed by atoms with Gasteiger partial charge in [0.25, 0.3) is 0 Å². The minimum atomic E-state index is -0.426. The van der Waals surface area contributed by atoms with Gasteiger partial charge in [-0.3, -0.25) is 4.90 Å². The van der Waals surface area contributed by atoms with Crippen molar-refractivity contribution < 1.29 is 0 Å². The van der Waals surface area contributed by atoms with E-state index in [1.54, 1.807) is 0 Å². The molecule has 5 nitrogen and oxygen atoms in total. The maximum absolute atomic E-state index is 6.34. The van der Waals surface area contributed by atoms with E-state index in [2.05, 4.69) is 60.8 Å². The normalized spacial score (nSPS) is 19.7. The molecule has 0 saturated heterocycles. The lowest BCUT2D eigenvalue weighted by atomic mass is 9.87. The van der Waals surface area contributed by atoms with Gasteiger partial charge in [0.15, 0.2) is 0 Å². The van der Waals surface area contributed by atoms with Crippen LogP contribution in [-0.2, 0) is 6.42 Å². The molecule has 2 aliphatic rings. The third kappa shape index (κ3) is 3.72. The molecule has 4 N–H and O–H groups in total. The van der Waals surface area contributed by atoms with Crippen molar-refractivity contribution in [3.8, 4) is 0 Å². The number of unbranched alkanes of at least 4 members (excludes halogenated alkanes) is 1. The van der Waals surface area contributed by atoms with E-state index in [0.29, 0.717) is 5.96 Å². The standard InChI is InChI=1S/C18H25Br2N5/c1-2-3-7-12-10-13(19)15(14(20)11-12)25-17(22)23-16(21)24-18(25)8-5-4-6-9-18/h10-11H,2-9H2,1H3,(H4,21,22,23,24). The summed E-state index contributed by atoms with van der Waals surface area (Å²) >= 11 is 7.51. The molecule has 0 bridgehead atoms. The molecule has 0 aromatic heterocycles. The molecule has 1 aromatic carbocycles. The van der Waals surface area contributed by atoms with Crippen LogP contribution in [0.15, 0.2) is 31.1 Å². The molecule has 1 heterocycles. The largest absolute Gasteiger partial charge is 0.369 e. The number of nitrogens with two attached hydrogens (primary N) is 2. The number of rotatable bonds is 4. The average molecular weight is 471 g/mol. The van der Waals surface area contributed by atoms with Crippen molar-refractivity contribution in [3.05, 3.63) is 26.6 Å². The van der Waals surface area contributed by atoms with Crippen molar-refractivity contribution in [2.75, 3.05) is 4.90 Å². The third-order valence-corrected chi connectivity index (χ3v) is 6.18. The van der Waals surface area contributed by atoms with Crippen LogP contribution in [0.1, 0.15) is 57.4 Å². The molecule has 3 rings (SSSR count). The van der Waals surface area contributed by atoms with Crippen molar-refractivity contribution in [3.63, 3.8) is 0 Å². The summed E-state index contributed by atoms with van der Waals surface area (Å²) in [5.74, 6) is 0.694. The highest BCUT2D eigenvalue weighted by Gasteiger charge is 2.43. The van der Waals surface area contributed by atoms with Crippen LogP contribution in [0.5, 0.6) is 0 Å². The highest BCUT2D eigenvalue weighted by Crippen LogP contribution is 2.45. The first-order valence-electron chi connectivity index (χ1n) is 8.94. The number of hydrogen-bond acceptors (Lipinski definition) is 5. The summed E-state index contributed by atoms with van der Waals surface area (Å²) in [7, 11) is 0. The van der Waals surface area contributed by atoms with Gasteiger partial charge in [-0.1, -0.05) is 19.8 Å². The Kier molecular flexibility index (Phi) is 5.73. The van der Waals surface area contributed by atoms with E-state index in [1.165, 1.54) is 24.8 Å². The molecule has 0 unspecified atom stereocenters. The predicted octanol–water partition coefficient (Wildman–Crippen LogP) is 4.66. The van der Waals surface area contributed by atoms with Crippen LogP contribution in [0.4, 0.5) is 5.69 Å². The molecule has 0 radical (unpaired) electrons. The SMILES string of the molecule is CCCCc1cc(Br)c(N2C(N)=NC(N)=NC23CCCCC3)c(Br)c1. The van der Waals surface area contributed by atoms with Crippen LogP contribution in [0, 0.1) is 0 Å². The molecular weight excluding hydrogens is 446 g/mol. The summed E-state index contributed by atoms with van der Waals surface area (Å²) in [6.45, 7) is 2.21. The zero-order chi connectivity index (χ0) is 18.0. The van der Waals surface area contributed by atoms with Gasteiger partial charge in [-0.25, -0.2) is 4.99 Å². The number of halogens is 2. The fourth-order valence-electron chi connectivity index (χ4n) is 3.80. The number of hydrogen-bond donors (Lipinski definition) is 2. The van der Waals surface area contributed by atoms with Gasteiger partial charge in [-0.15, -0.1) is 0 Å². The summed E-state index contributed by atoms with van der Waals surface area (Å²) in [5, 5.41) is 0. The number of anilines is 1. The van der Waals surface area contributed by atoms with Gasteiger partial charge in [0, 0.05) is 8.95 Å². The summed E-state index contributed by atoms with van der Waals surface area (Å²) < 4.78 is 2.01. The van der Waals surface area contributed by atoms with Crippen LogP contribution in [0.3, 0.4) is 0 Å². The van der Waals surface area contributed by atoms with E-state index in [1.807, 2.05) is 0 Å². The van der Waals surface area contributed by atoms with Crippen molar-refractivity contribution in [2.45, 2.75) is 64.0 Å². The first-order valence-corrected chi connectivity index (χ1v) is 10.5. The summed E-state index contributed by atoms with van der Waals surface area (Å²) in [6, 6.07) is 4.36. The smallest absolute Gasteiger partial charge is 0.220 e. The second kappa shape index (κ2) is 7.66. The first kappa shape index (κ1) is 18.7. The Bertz CT molecular complexity index is 684. The highest BCUT2D eigenvalue weighted by atomic mass is 79.9. The quantitative estimate of drug-likeness (QED) is 0.671. The third-order valence-electron chi connectivity index (χ3n) is 4.97. The topological polar surface area (TPSA) is 80.0 Å². The first-order chi connectivity index (χ1) is 12.0. The zero-order valence-corrected chi connectivity index (χ0v) is 17.7. The Morgan fingerprint density at radius 2 is 1.76 bits per heavy atom.